The lowest BCUT2D eigenvalue weighted by atomic mass is 10.1. The fraction of sp³-hybridized carbons (Fsp3) is 0.143. The highest BCUT2D eigenvalue weighted by Crippen LogP contribution is 2.05. The SMILES string of the molecule is O=C1C=C(C(=O)O)C=CC1. The molecule has 0 fully saturated rings. The van der Waals surface area contributed by atoms with E-state index in [1.54, 1.807) is 6.08 Å². The third-order valence-electron chi connectivity index (χ3n) is 1.18. The topological polar surface area (TPSA) is 54.4 Å². The van der Waals surface area contributed by atoms with Crippen LogP contribution in [0.25, 0.3) is 0 Å². The predicted octanol–water partition coefficient (Wildman–Crippen LogP) is 0.526. The van der Waals surface area contributed by atoms with Crippen molar-refractivity contribution in [1.29, 1.82) is 0 Å². The number of hydrogen-bond donors (Lipinski definition) is 1. The predicted molar refractivity (Wildman–Crippen MR) is 34.5 cm³/mol. The minimum Gasteiger partial charge on any atom is -0.478 e. The molecular formula is C7H6O3. The zero-order valence-corrected chi connectivity index (χ0v) is 5.20. The van der Waals surface area contributed by atoms with E-state index in [2.05, 4.69) is 0 Å². The van der Waals surface area contributed by atoms with Gasteiger partial charge in [0, 0.05) is 6.42 Å². The Labute approximate surface area is 57.7 Å². The van der Waals surface area contributed by atoms with Gasteiger partial charge < -0.3 is 5.11 Å². The Hall–Kier alpha value is -1.38. The van der Waals surface area contributed by atoms with E-state index in [1.807, 2.05) is 0 Å². The van der Waals surface area contributed by atoms with Crippen molar-refractivity contribution >= 4 is 11.8 Å². The number of carbonyl (C=O) groups is 2. The number of rotatable bonds is 1. The summed E-state index contributed by atoms with van der Waals surface area (Å²) < 4.78 is 0. The third kappa shape index (κ3) is 1.31. The minimum absolute atomic E-state index is 0.0660. The lowest BCUT2D eigenvalue weighted by Gasteiger charge is -1.98. The van der Waals surface area contributed by atoms with E-state index in [-0.39, 0.29) is 11.4 Å². The van der Waals surface area contributed by atoms with E-state index in [4.69, 9.17) is 5.11 Å². The first-order chi connectivity index (χ1) is 4.70. The van der Waals surface area contributed by atoms with Crippen LogP contribution in [0.1, 0.15) is 6.42 Å². The first kappa shape index (κ1) is 6.74. The monoisotopic (exact) mass is 138 g/mol. The van der Waals surface area contributed by atoms with Crippen molar-refractivity contribution in [3.8, 4) is 0 Å². The summed E-state index contributed by atoms with van der Waals surface area (Å²) in [5, 5.41) is 8.38. The summed E-state index contributed by atoms with van der Waals surface area (Å²) >= 11 is 0. The molecule has 0 bridgehead atoms. The molecule has 0 atom stereocenters. The second-order valence-electron chi connectivity index (χ2n) is 1.98. The molecule has 0 unspecified atom stereocenters. The maximum atomic E-state index is 10.6. The van der Waals surface area contributed by atoms with Gasteiger partial charge in [0.1, 0.15) is 0 Å². The number of aliphatic carboxylic acids is 1. The number of hydrogen-bond acceptors (Lipinski definition) is 2. The Kier molecular flexibility index (Phi) is 1.67. The van der Waals surface area contributed by atoms with Gasteiger partial charge in [-0.15, -0.1) is 0 Å². The molecular weight excluding hydrogens is 132 g/mol. The Morgan fingerprint density at radius 1 is 1.60 bits per heavy atom. The number of carboxylic acids is 1. The van der Waals surface area contributed by atoms with Crippen LogP contribution in [-0.4, -0.2) is 16.9 Å². The van der Waals surface area contributed by atoms with Gasteiger partial charge in [-0.3, -0.25) is 4.79 Å². The van der Waals surface area contributed by atoms with Crippen LogP contribution in [0.15, 0.2) is 23.8 Å². The van der Waals surface area contributed by atoms with Gasteiger partial charge in [0.2, 0.25) is 0 Å². The van der Waals surface area contributed by atoms with Crippen LogP contribution in [0.2, 0.25) is 0 Å². The Morgan fingerprint density at radius 3 is 2.70 bits per heavy atom. The number of ketones is 1. The molecule has 0 aromatic carbocycles. The molecule has 3 heteroatoms. The molecule has 1 aliphatic carbocycles. The molecule has 0 amide bonds. The first-order valence-electron chi connectivity index (χ1n) is 2.84. The summed E-state index contributed by atoms with van der Waals surface area (Å²) in [6, 6.07) is 0. The van der Waals surface area contributed by atoms with Gasteiger partial charge in [0.25, 0.3) is 0 Å². The average molecular weight is 138 g/mol. The molecule has 10 heavy (non-hydrogen) atoms. The molecule has 0 radical (unpaired) electrons. The summed E-state index contributed by atoms with van der Waals surface area (Å²) in [7, 11) is 0. The fourth-order valence-corrected chi connectivity index (χ4v) is 0.716. The van der Waals surface area contributed by atoms with E-state index in [0.29, 0.717) is 6.42 Å². The average Bonchev–Trinajstić information content (AvgIpc) is 1.88. The van der Waals surface area contributed by atoms with Gasteiger partial charge in [-0.2, -0.15) is 0 Å². The Balaban J connectivity index is 2.86. The molecule has 3 nitrogen and oxygen atoms in total. The quantitative estimate of drug-likeness (QED) is 0.574. The molecule has 1 N–H and O–H groups in total. The number of carboxylic acid groups (broad SMARTS) is 1. The number of carbonyl (C=O) groups excluding carboxylic acids is 1. The zero-order valence-electron chi connectivity index (χ0n) is 5.20. The number of allylic oxidation sites excluding steroid dienone is 2. The van der Waals surface area contributed by atoms with Crippen LogP contribution in [-0.2, 0) is 9.59 Å². The minimum atomic E-state index is -1.05. The van der Waals surface area contributed by atoms with E-state index < -0.39 is 5.97 Å². The highest BCUT2D eigenvalue weighted by molar-refractivity contribution is 6.02. The second-order valence-corrected chi connectivity index (χ2v) is 1.98. The molecule has 0 aliphatic heterocycles. The maximum absolute atomic E-state index is 10.6. The van der Waals surface area contributed by atoms with E-state index >= 15 is 0 Å². The smallest absolute Gasteiger partial charge is 0.335 e. The Bertz CT molecular complexity index is 233. The first-order valence-corrected chi connectivity index (χ1v) is 2.84. The molecule has 0 saturated heterocycles. The normalized spacial score (nSPS) is 16.8. The second kappa shape index (κ2) is 2.47. The van der Waals surface area contributed by atoms with Gasteiger partial charge in [-0.25, -0.2) is 4.79 Å². The van der Waals surface area contributed by atoms with Gasteiger partial charge in [-0.1, -0.05) is 12.2 Å². The van der Waals surface area contributed by atoms with Gasteiger partial charge in [0.05, 0.1) is 5.57 Å². The van der Waals surface area contributed by atoms with Gasteiger partial charge >= 0.3 is 5.97 Å². The molecule has 0 spiro atoms. The highest BCUT2D eigenvalue weighted by Gasteiger charge is 2.09. The molecule has 0 aromatic heterocycles. The van der Waals surface area contributed by atoms with Gasteiger partial charge in [0.15, 0.2) is 5.78 Å². The van der Waals surface area contributed by atoms with Crippen LogP contribution in [0.3, 0.4) is 0 Å². The van der Waals surface area contributed by atoms with Crippen LogP contribution in [0.5, 0.6) is 0 Å². The van der Waals surface area contributed by atoms with Crippen LogP contribution < -0.4 is 0 Å². The van der Waals surface area contributed by atoms with E-state index in [9.17, 15) is 9.59 Å². The zero-order chi connectivity index (χ0) is 7.56. The van der Waals surface area contributed by atoms with Crippen molar-refractivity contribution < 1.29 is 14.7 Å². The van der Waals surface area contributed by atoms with E-state index in [1.165, 1.54) is 6.08 Å². The van der Waals surface area contributed by atoms with E-state index in [0.717, 1.165) is 6.08 Å². The fourth-order valence-electron chi connectivity index (χ4n) is 0.716. The molecule has 1 rings (SSSR count). The summed E-state index contributed by atoms with van der Waals surface area (Å²) in [4.78, 5) is 20.8. The van der Waals surface area contributed by atoms with Crippen molar-refractivity contribution in [2.45, 2.75) is 6.42 Å². The van der Waals surface area contributed by atoms with Crippen molar-refractivity contribution in [1.82, 2.24) is 0 Å². The molecule has 0 aromatic rings. The highest BCUT2D eigenvalue weighted by atomic mass is 16.4. The summed E-state index contributed by atoms with van der Waals surface area (Å²) in [6.07, 6.45) is 4.44. The lowest BCUT2D eigenvalue weighted by Crippen LogP contribution is -2.05. The van der Waals surface area contributed by atoms with Crippen LogP contribution in [0.4, 0.5) is 0 Å². The summed E-state index contributed by atoms with van der Waals surface area (Å²) in [5.41, 5.74) is 0.0660. The third-order valence-corrected chi connectivity index (χ3v) is 1.18. The summed E-state index contributed by atoms with van der Waals surface area (Å²) in [6.45, 7) is 0. The molecule has 52 valence electrons. The largest absolute Gasteiger partial charge is 0.478 e. The summed E-state index contributed by atoms with van der Waals surface area (Å²) in [5.74, 6) is -1.20. The van der Waals surface area contributed by atoms with Crippen molar-refractivity contribution in [3.05, 3.63) is 23.8 Å². The van der Waals surface area contributed by atoms with Crippen molar-refractivity contribution in [3.63, 3.8) is 0 Å². The Morgan fingerprint density at radius 2 is 2.30 bits per heavy atom. The lowest BCUT2D eigenvalue weighted by molar-refractivity contribution is -0.132. The van der Waals surface area contributed by atoms with Crippen LogP contribution >= 0.6 is 0 Å². The standard InChI is InChI=1S/C7H6O3/c8-6-3-1-2-5(4-6)7(9)10/h1-2,4H,3H2,(H,9,10). The van der Waals surface area contributed by atoms with Crippen molar-refractivity contribution in [2.24, 2.45) is 0 Å². The molecule has 0 heterocycles. The maximum Gasteiger partial charge on any atom is 0.335 e. The molecule has 0 saturated carbocycles. The molecule has 1 aliphatic rings. The van der Waals surface area contributed by atoms with Gasteiger partial charge in [-0.05, 0) is 6.08 Å². The van der Waals surface area contributed by atoms with Crippen LogP contribution in [0, 0.1) is 0 Å². The van der Waals surface area contributed by atoms with Crippen molar-refractivity contribution in [2.75, 3.05) is 0 Å².